The Kier molecular flexibility index (Phi) is 4.11. The lowest BCUT2D eigenvalue weighted by molar-refractivity contribution is 1.17. The maximum Gasteiger partial charge on any atom is -0.00168 e. The summed E-state index contributed by atoms with van der Waals surface area (Å²) in [5, 5.41) is 2.66. The van der Waals surface area contributed by atoms with Crippen LogP contribution in [0.25, 0.3) is 21.9 Å². The SMILES string of the molecule is Cc1cccc(-c2ccc(C)c(Cc3cccc4ccccc34)c2)c1. The standard InChI is InChI=1S/C25H22/c1-18-7-5-10-21(15-18)22-14-13-19(2)24(16-22)17-23-11-6-9-20-8-3-4-12-25(20)23/h3-16H,17H2,1-2H3. The molecular weight excluding hydrogens is 300 g/mol. The van der Waals surface area contributed by atoms with E-state index >= 15 is 0 Å². The summed E-state index contributed by atoms with van der Waals surface area (Å²) in [6.45, 7) is 4.36. The summed E-state index contributed by atoms with van der Waals surface area (Å²) in [6.07, 6.45) is 0.965. The first kappa shape index (κ1) is 15.7. The molecule has 122 valence electrons. The van der Waals surface area contributed by atoms with Crippen molar-refractivity contribution in [2.75, 3.05) is 0 Å². The highest BCUT2D eigenvalue weighted by molar-refractivity contribution is 5.86. The lowest BCUT2D eigenvalue weighted by atomic mass is 9.93. The van der Waals surface area contributed by atoms with Crippen LogP contribution in [0.5, 0.6) is 0 Å². The number of fused-ring (bicyclic) bond motifs is 1. The Labute approximate surface area is 149 Å². The van der Waals surface area contributed by atoms with Crippen LogP contribution in [-0.4, -0.2) is 0 Å². The zero-order valence-corrected chi connectivity index (χ0v) is 14.8. The van der Waals surface area contributed by atoms with E-state index < -0.39 is 0 Å². The molecule has 0 aliphatic carbocycles. The summed E-state index contributed by atoms with van der Waals surface area (Å²) in [5.41, 5.74) is 8.03. The van der Waals surface area contributed by atoms with Crippen LogP contribution in [0.4, 0.5) is 0 Å². The molecule has 0 bridgehead atoms. The molecule has 0 radical (unpaired) electrons. The fourth-order valence-electron chi connectivity index (χ4n) is 3.52. The van der Waals surface area contributed by atoms with Gasteiger partial charge in [-0.2, -0.15) is 0 Å². The van der Waals surface area contributed by atoms with E-state index in [4.69, 9.17) is 0 Å². The highest BCUT2D eigenvalue weighted by atomic mass is 14.1. The van der Waals surface area contributed by atoms with Crippen molar-refractivity contribution >= 4 is 10.8 Å². The molecular formula is C25H22. The Balaban J connectivity index is 1.76. The van der Waals surface area contributed by atoms with Crippen molar-refractivity contribution in [1.29, 1.82) is 0 Å². The van der Waals surface area contributed by atoms with Crippen molar-refractivity contribution in [3.63, 3.8) is 0 Å². The van der Waals surface area contributed by atoms with Gasteiger partial charge in [-0.05, 0) is 58.9 Å². The minimum Gasteiger partial charge on any atom is -0.0616 e. The maximum absolute atomic E-state index is 2.35. The molecule has 25 heavy (non-hydrogen) atoms. The van der Waals surface area contributed by atoms with Crippen molar-refractivity contribution in [3.8, 4) is 11.1 Å². The zero-order chi connectivity index (χ0) is 17.2. The van der Waals surface area contributed by atoms with Crippen LogP contribution < -0.4 is 0 Å². The minimum absolute atomic E-state index is 0.965. The van der Waals surface area contributed by atoms with Gasteiger partial charge in [-0.25, -0.2) is 0 Å². The maximum atomic E-state index is 2.35. The molecule has 0 aliphatic rings. The van der Waals surface area contributed by atoms with Crippen molar-refractivity contribution in [1.82, 2.24) is 0 Å². The van der Waals surface area contributed by atoms with Crippen LogP contribution >= 0.6 is 0 Å². The number of hydrogen-bond donors (Lipinski definition) is 0. The number of aryl methyl sites for hydroxylation is 2. The van der Waals surface area contributed by atoms with Crippen molar-refractivity contribution < 1.29 is 0 Å². The fourth-order valence-corrected chi connectivity index (χ4v) is 3.52. The van der Waals surface area contributed by atoms with E-state index in [2.05, 4.69) is 98.8 Å². The molecule has 0 N–H and O–H groups in total. The second kappa shape index (κ2) is 6.57. The van der Waals surface area contributed by atoms with E-state index in [0.717, 1.165) is 6.42 Å². The van der Waals surface area contributed by atoms with Gasteiger partial charge in [-0.1, -0.05) is 90.5 Å². The van der Waals surface area contributed by atoms with Crippen LogP contribution in [-0.2, 0) is 6.42 Å². The molecule has 0 heterocycles. The number of rotatable bonds is 3. The second-order valence-corrected chi connectivity index (χ2v) is 6.83. The smallest absolute Gasteiger partial charge is 0.00168 e. The predicted molar refractivity (Wildman–Crippen MR) is 108 cm³/mol. The van der Waals surface area contributed by atoms with Crippen molar-refractivity contribution in [3.05, 3.63) is 107 Å². The first-order chi connectivity index (χ1) is 12.2. The molecule has 4 aromatic rings. The molecule has 0 aliphatic heterocycles. The van der Waals surface area contributed by atoms with Gasteiger partial charge in [0.2, 0.25) is 0 Å². The van der Waals surface area contributed by atoms with E-state index in [1.807, 2.05) is 0 Å². The molecule has 4 aromatic carbocycles. The largest absolute Gasteiger partial charge is 0.0616 e. The van der Waals surface area contributed by atoms with Crippen LogP contribution in [0.2, 0.25) is 0 Å². The van der Waals surface area contributed by atoms with E-state index in [1.54, 1.807) is 0 Å². The van der Waals surface area contributed by atoms with Crippen molar-refractivity contribution in [2.24, 2.45) is 0 Å². The van der Waals surface area contributed by atoms with E-state index in [0.29, 0.717) is 0 Å². The van der Waals surface area contributed by atoms with Crippen LogP contribution in [0, 0.1) is 13.8 Å². The lowest BCUT2D eigenvalue weighted by Gasteiger charge is -2.12. The average Bonchev–Trinajstić information content (AvgIpc) is 2.64. The third kappa shape index (κ3) is 3.21. The van der Waals surface area contributed by atoms with Gasteiger partial charge in [0.1, 0.15) is 0 Å². The summed E-state index contributed by atoms with van der Waals surface area (Å²) in [7, 11) is 0. The Morgan fingerprint density at radius 1 is 0.600 bits per heavy atom. The summed E-state index contributed by atoms with van der Waals surface area (Å²) >= 11 is 0. The zero-order valence-electron chi connectivity index (χ0n) is 14.8. The molecule has 4 rings (SSSR count). The van der Waals surface area contributed by atoms with Gasteiger partial charge in [0.05, 0.1) is 0 Å². The van der Waals surface area contributed by atoms with Crippen LogP contribution in [0.3, 0.4) is 0 Å². The molecule has 0 saturated carbocycles. The molecule has 0 atom stereocenters. The Hall–Kier alpha value is -2.86. The first-order valence-electron chi connectivity index (χ1n) is 8.84. The molecule has 0 fully saturated rings. The van der Waals surface area contributed by atoms with Gasteiger partial charge in [0, 0.05) is 0 Å². The average molecular weight is 322 g/mol. The summed E-state index contributed by atoms with van der Waals surface area (Å²) in [5.74, 6) is 0. The second-order valence-electron chi connectivity index (χ2n) is 6.83. The molecule has 0 unspecified atom stereocenters. The molecule has 0 nitrogen and oxygen atoms in total. The van der Waals surface area contributed by atoms with Gasteiger partial charge >= 0.3 is 0 Å². The molecule has 0 saturated heterocycles. The highest BCUT2D eigenvalue weighted by Gasteiger charge is 2.07. The predicted octanol–water partition coefficient (Wildman–Crippen LogP) is 6.71. The molecule has 0 aromatic heterocycles. The Morgan fingerprint density at radius 3 is 2.24 bits per heavy atom. The van der Waals surface area contributed by atoms with E-state index in [-0.39, 0.29) is 0 Å². The first-order valence-corrected chi connectivity index (χ1v) is 8.84. The Morgan fingerprint density at radius 2 is 1.36 bits per heavy atom. The topological polar surface area (TPSA) is 0 Å². The summed E-state index contributed by atoms with van der Waals surface area (Å²) in [4.78, 5) is 0. The van der Waals surface area contributed by atoms with Gasteiger partial charge in [0.25, 0.3) is 0 Å². The van der Waals surface area contributed by atoms with Gasteiger partial charge < -0.3 is 0 Å². The third-order valence-corrected chi connectivity index (χ3v) is 4.96. The molecule has 0 heteroatoms. The number of benzene rings is 4. The monoisotopic (exact) mass is 322 g/mol. The molecule has 0 amide bonds. The van der Waals surface area contributed by atoms with Crippen LogP contribution in [0.15, 0.2) is 84.9 Å². The minimum atomic E-state index is 0.965. The van der Waals surface area contributed by atoms with Gasteiger partial charge in [-0.15, -0.1) is 0 Å². The Bertz CT molecular complexity index is 1040. The quantitative estimate of drug-likeness (QED) is 0.393. The lowest BCUT2D eigenvalue weighted by Crippen LogP contribution is -1.94. The van der Waals surface area contributed by atoms with Crippen LogP contribution in [0.1, 0.15) is 22.3 Å². The molecule has 0 spiro atoms. The summed E-state index contributed by atoms with van der Waals surface area (Å²) < 4.78 is 0. The summed E-state index contributed by atoms with van der Waals surface area (Å²) in [6, 6.07) is 30.8. The van der Waals surface area contributed by atoms with Gasteiger partial charge in [-0.3, -0.25) is 0 Å². The third-order valence-electron chi connectivity index (χ3n) is 4.96. The van der Waals surface area contributed by atoms with Gasteiger partial charge in [0.15, 0.2) is 0 Å². The van der Waals surface area contributed by atoms with E-state index in [1.165, 1.54) is 44.2 Å². The highest BCUT2D eigenvalue weighted by Crippen LogP contribution is 2.27. The normalized spacial score (nSPS) is 11.0. The number of hydrogen-bond acceptors (Lipinski definition) is 0. The van der Waals surface area contributed by atoms with E-state index in [9.17, 15) is 0 Å². The fraction of sp³-hybridized carbons (Fsp3) is 0.120. The van der Waals surface area contributed by atoms with Crippen molar-refractivity contribution in [2.45, 2.75) is 20.3 Å².